The molecule has 0 aliphatic carbocycles. The lowest BCUT2D eigenvalue weighted by Crippen LogP contribution is -2.16. The van der Waals surface area contributed by atoms with Gasteiger partial charge < -0.3 is 4.57 Å². The number of amides is 1. The van der Waals surface area contributed by atoms with Crippen molar-refractivity contribution in [1.82, 2.24) is 4.57 Å². The van der Waals surface area contributed by atoms with Crippen molar-refractivity contribution in [3.05, 3.63) is 69.7 Å². The highest BCUT2D eigenvalue weighted by atomic mass is 32.1. The number of thiazole rings is 1. The van der Waals surface area contributed by atoms with E-state index in [1.165, 1.54) is 28.0 Å². The Balaban J connectivity index is 2.07. The van der Waals surface area contributed by atoms with Crippen LogP contribution in [0.2, 0.25) is 0 Å². The molecule has 0 saturated heterocycles. The van der Waals surface area contributed by atoms with Crippen LogP contribution in [0.3, 0.4) is 0 Å². The summed E-state index contributed by atoms with van der Waals surface area (Å²) in [6, 6.07) is 5.81. The SMILES string of the molecule is C=CCn1c(=NC(=O)C=Cc2cccs2)sc2cc(F)cc(F)c21. The third-order valence-electron chi connectivity index (χ3n) is 3.15. The van der Waals surface area contributed by atoms with E-state index in [0.717, 1.165) is 22.3 Å². The van der Waals surface area contributed by atoms with E-state index in [1.54, 1.807) is 12.2 Å². The van der Waals surface area contributed by atoms with Gasteiger partial charge in [-0.2, -0.15) is 4.99 Å². The summed E-state index contributed by atoms with van der Waals surface area (Å²) < 4.78 is 29.4. The topological polar surface area (TPSA) is 34.4 Å². The molecule has 0 saturated carbocycles. The predicted molar refractivity (Wildman–Crippen MR) is 93.9 cm³/mol. The zero-order chi connectivity index (χ0) is 17.1. The quantitative estimate of drug-likeness (QED) is 0.501. The van der Waals surface area contributed by atoms with Crippen LogP contribution in [0.4, 0.5) is 8.78 Å². The molecule has 0 aliphatic rings. The van der Waals surface area contributed by atoms with E-state index in [4.69, 9.17) is 0 Å². The molecule has 0 atom stereocenters. The first-order valence-corrected chi connectivity index (χ1v) is 8.67. The van der Waals surface area contributed by atoms with Crippen molar-refractivity contribution in [1.29, 1.82) is 0 Å². The molecule has 0 spiro atoms. The van der Waals surface area contributed by atoms with Crippen molar-refractivity contribution in [2.75, 3.05) is 0 Å². The summed E-state index contributed by atoms with van der Waals surface area (Å²) in [4.78, 5) is 17.3. The van der Waals surface area contributed by atoms with Crippen molar-refractivity contribution in [2.45, 2.75) is 6.54 Å². The van der Waals surface area contributed by atoms with Gasteiger partial charge in [-0.25, -0.2) is 8.78 Å². The summed E-state index contributed by atoms with van der Waals surface area (Å²) >= 11 is 2.56. The molecule has 3 nitrogen and oxygen atoms in total. The molecule has 0 N–H and O–H groups in total. The highest BCUT2D eigenvalue weighted by Gasteiger charge is 2.12. The van der Waals surface area contributed by atoms with Gasteiger partial charge in [0.25, 0.3) is 5.91 Å². The molecule has 3 rings (SSSR count). The van der Waals surface area contributed by atoms with Gasteiger partial charge in [0.15, 0.2) is 10.6 Å². The lowest BCUT2D eigenvalue weighted by atomic mass is 10.3. The lowest BCUT2D eigenvalue weighted by Gasteiger charge is -2.01. The van der Waals surface area contributed by atoms with E-state index in [0.29, 0.717) is 9.50 Å². The zero-order valence-corrected chi connectivity index (χ0v) is 14.0. The van der Waals surface area contributed by atoms with Crippen molar-refractivity contribution in [2.24, 2.45) is 4.99 Å². The summed E-state index contributed by atoms with van der Waals surface area (Å²) in [6.45, 7) is 3.90. The van der Waals surface area contributed by atoms with Gasteiger partial charge in [0, 0.05) is 23.6 Å². The first-order chi connectivity index (χ1) is 11.6. The van der Waals surface area contributed by atoms with Crippen molar-refractivity contribution in [3.8, 4) is 0 Å². The number of allylic oxidation sites excluding steroid dienone is 1. The van der Waals surface area contributed by atoms with Gasteiger partial charge in [-0.15, -0.1) is 17.9 Å². The Hall–Kier alpha value is -2.38. The second kappa shape index (κ2) is 7.02. The van der Waals surface area contributed by atoms with Crippen LogP contribution in [0.15, 0.2) is 53.4 Å². The molecule has 1 amide bonds. The van der Waals surface area contributed by atoms with Gasteiger partial charge in [0.1, 0.15) is 5.82 Å². The largest absolute Gasteiger partial charge is 0.310 e. The highest BCUT2D eigenvalue weighted by molar-refractivity contribution is 7.16. The van der Waals surface area contributed by atoms with E-state index in [9.17, 15) is 13.6 Å². The maximum absolute atomic E-state index is 14.1. The van der Waals surface area contributed by atoms with E-state index in [1.807, 2.05) is 17.5 Å². The van der Waals surface area contributed by atoms with Gasteiger partial charge in [0.2, 0.25) is 0 Å². The maximum atomic E-state index is 14.1. The van der Waals surface area contributed by atoms with Crippen LogP contribution in [-0.2, 0) is 11.3 Å². The molecule has 0 unspecified atom stereocenters. The van der Waals surface area contributed by atoms with Crippen LogP contribution in [0.5, 0.6) is 0 Å². The fourth-order valence-corrected chi connectivity index (χ4v) is 3.89. The number of hydrogen-bond acceptors (Lipinski definition) is 3. The minimum Gasteiger partial charge on any atom is -0.310 e. The van der Waals surface area contributed by atoms with Crippen LogP contribution < -0.4 is 4.80 Å². The number of rotatable bonds is 4. The third kappa shape index (κ3) is 3.42. The number of carbonyl (C=O) groups is 1. The van der Waals surface area contributed by atoms with Gasteiger partial charge in [-0.3, -0.25) is 4.79 Å². The van der Waals surface area contributed by atoms with Crippen LogP contribution in [-0.4, -0.2) is 10.5 Å². The van der Waals surface area contributed by atoms with Crippen molar-refractivity contribution < 1.29 is 13.6 Å². The summed E-state index contributed by atoms with van der Waals surface area (Å²) in [5.74, 6) is -1.82. The standard InChI is InChI=1S/C17H12F2N2OS2/c1-2-7-21-16-13(19)9-11(18)10-14(16)24-17(21)20-15(22)6-5-12-4-3-8-23-12/h2-6,8-10H,1,7H2. The number of halogens is 2. The molecule has 0 aliphatic heterocycles. The van der Waals surface area contributed by atoms with E-state index < -0.39 is 17.5 Å². The minimum atomic E-state index is -0.689. The number of nitrogens with zero attached hydrogens (tertiary/aromatic N) is 2. The summed E-state index contributed by atoms with van der Waals surface area (Å²) in [6.07, 6.45) is 4.59. The molecule has 0 radical (unpaired) electrons. The Morgan fingerprint density at radius 3 is 2.92 bits per heavy atom. The average molecular weight is 362 g/mol. The van der Waals surface area contributed by atoms with Gasteiger partial charge in [0.05, 0.1) is 10.2 Å². The molecule has 7 heteroatoms. The van der Waals surface area contributed by atoms with Gasteiger partial charge in [-0.1, -0.05) is 23.5 Å². The molecule has 122 valence electrons. The Morgan fingerprint density at radius 1 is 1.38 bits per heavy atom. The Kier molecular flexibility index (Phi) is 4.82. The van der Waals surface area contributed by atoms with E-state index in [2.05, 4.69) is 11.6 Å². The molecule has 3 aromatic rings. The number of benzene rings is 1. The van der Waals surface area contributed by atoms with Gasteiger partial charge >= 0.3 is 0 Å². The zero-order valence-electron chi connectivity index (χ0n) is 12.4. The van der Waals surface area contributed by atoms with Crippen molar-refractivity contribution in [3.63, 3.8) is 0 Å². The second-order valence-electron chi connectivity index (χ2n) is 4.82. The monoisotopic (exact) mass is 362 g/mol. The minimum absolute atomic E-state index is 0.218. The van der Waals surface area contributed by atoms with E-state index >= 15 is 0 Å². The Bertz CT molecular complexity index is 998. The van der Waals surface area contributed by atoms with Crippen LogP contribution in [0.25, 0.3) is 16.3 Å². The van der Waals surface area contributed by atoms with Gasteiger partial charge in [-0.05, 0) is 23.6 Å². The summed E-state index contributed by atoms with van der Waals surface area (Å²) in [5, 5.41) is 1.91. The lowest BCUT2D eigenvalue weighted by molar-refractivity contribution is -0.113. The molecular weight excluding hydrogens is 350 g/mol. The molecule has 0 bridgehead atoms. The molecular formula is C17H12F2N2OS2. The van der Waals surface area contributed by atoms with Crippen LogP contribution in [0, 0.1) is 11.6 Å². The Morgan fingerprint density at radius 2 is 2.21 bits per heavy atom. The average Bonchev–Trinajstić information content (AvgIpc) is 3.14. The van der Waals surface area contributed by atoms with E-state index in [-0.39, 0.29) is 12.1 Å². The highest BCUT2D eigenvalue weighted by Crippen LogP contribution is 2.22. The molecule has 2 aromatic heterocycles. The summed E-state index contributed by atoms with van der Waals surface area (Å²) in [5.41, 5.74) is 0.218. The number of carbonyl (C=O) groups excluding carboxylic acids is 1. The van der Waals surface area contributed by atoms with Crippen LogP contribution >= 0.6 is 22.7 Å². The smallest absolute Gasteiger partial charge is 0.272 e. The maximum Gasteiger partial charge on any atom is 0.272 e. The number of fused-ring (bicyclic) bond motifs is 1. The Labute approximate surface area is 144 Å². The van der Waals surface area contributed by atoms with Crippen LogP contribution in [0.1, 0.15) is 4.88 Å². The first-order valence-electron chi connectivity index (χ1n) is 6.98. The van der Waals surface area contributed by atoms with Crippen molar-refractivity contribution >= 4 is 44.9 Å². The summed E-state index contributed by atoms with van der Waals surface area (Å²) in [7, 11) is 0. The fourth-order valence-electron chi connectivity index (χ4n) is 2.18. The second-order valence-corrected chi connectivity index (χ2v) is 6.81. The molecule has 2 heterocycles. The first kappa shape index (κ1) is 16.5. The molecule has 24 heavy (non-hydrogen) atoms. The molecule has 1 aromatic carbocycles. The molecule has 0 fully saturated rings. The predicted octanol–water partition coefficient (Wildman–Crippen LogP) is 4.37. The normalized spacial score (nSPS) is 12.3. The fraction of sp³-hybridized carbons (Fsp3) is 0.0588. The third-order valence-corrected chi connectivity index (χ3v) is 5.01. The number of thiophene rings is 1. The number of hydrogen-bond donors (Lipinski definition) is 0. The number of aromatic nitrogens is 1.